The molecule has 0 fully saturated rings. The molecule has 1 N–H and O–H groups in total. The van der Waals surface area contributed by atoms with Crippen LogP contribution in [0.2, 0.25) is 0 Å². The SMILES string of the molecule is CCCCC(CCC)Cc1cccn1-c1ccc2[nH]c(-c3cc(C)cc(C)c3)[c]c2c1. The van der Waals surface area contributed by atoms with Crippen molar-refractivity contribution in [2.24, 2.45) is 5.92 Å². The summed E-state index contributed by atoms with van der Waals surface area (Å²) in [6, 6.07) is 21.4. The zero-order valence-corrected chi connectivity index (χ0v) is 19.5. The first-order chi connectivity index (χ1) is 15.1. The molecule has 2 nitrogen and oxygen atoms in total. The number of aromatic nitrogens is 2. The molecule has 31 heavy (non-hydrogen) atoms. The van der Waals surface area contributed by atoms with E-state index >= 15 is 0 Å². The predicted octanol–water partition coefficient (Wildman–Crippen LogP) is 8.19. The van der Waals surface area contributed by atoms with E-state index in [1.807, 2.05) is 0 Å². The van der Waals surface area contributed by atoms with Gasteiger partial charge in [-0.2, -0.15) is 0 Å². The summed E-state index contributed by atoms with van der Waals surface area (Å²) in [6.07, 6.45) is 9.89. The van der Waals surface area contributed by atoms with Crippen LogP contribution < -0.4 is 0 Å². The third kappa shape index (κ3) is 4.95. The van der Waals surface area contributed by atoms with Gasteiger partial charge in [-0.3, -0.25) is 0 Å². The fraction of sp³-hybridized carbons (Fsp3) is 0.379. The second-order valence-corrected chi connectivity index (χ2v) is 9.10. The minimum Gasteiger partial charge on any atom is -0.354 e. The van der Waals surface area contributed by atoms with Crippen molar-refractivity contribution in [2.45, 2.75) is 66.2 Å². The number of unbranched alkanes of at least 4 members (excludes halogenated alkanes) is 1. The molecule has 2 aromatic carbocycles. The molecule has 2 heteroatoms. The number of nitrogens with one attached hydrogen (secondary N) is 1. The highest BCUT2D eigenvalue weighted by Crippen LogP contribution is 2.28. The lowest BCUT2D eigenvalue weighted by Gasteiger charge is -2.18. The summed E-state index contributed by atoms with van der Waals surface area (Å²) in [6.45, 7) is 8.90. The van der Waals surface area contributed by atoms with Crippen LogP contribution in [0.4, 0.5) is 0 Å². The van der Waals surface area contributed by atoms with Crippen LogP contribution in [0.1, 0.15) is 62.8 Å². The summed E-state index contributed by atoms with van der Waals surface area (Å²) >= 11 is 0. The van der Waals surface area contributed by atoms with E-state index in [2.05, 4.69) is 98.0 Å². The molecule has 0 aliphatic carbocycles. The van der Waals surface area contributed by atoms with Crippen molar-refractivity contribution in [1.29, 1.82) is 0 Å². The van der Waals surface area contributed by atoms with Gasteiger partial charge in [0.1, 0.15) is 0 Å². The molecule has 0 spiro atoms. The first kappa shape index (κ1) is 21.5. The van der Waals surface area contributed by atoms with E-state index in [-0.39, 0.29) is 0 Å². The maximum atomic E-state index is 3.61. The molecular formula is C29H35N2. The predicted molar refractivity (Wildman–Crippen MR) is 133 cm³/mol. The van der Waals surface area contributed by atoms with Crippen LogP contribution in [0.25, 0.3) is 27.8 Å². The number of hydrogen-bond donors (Lipinski definition) is 1. The number of nitrogens with zero attached hydrogens (tertiary/aromatic N) is 1. The first-order valence-electron chi connectivity index (χ1n) is 11.9. The molecule has 4 aromatic rings. The Balaban J connectivity index is 1.63. The van der Waals surface area contributed by atoms with Crippen molar-refractivity contribution in [1.82, 2.24) is 9.55 Å². The van der Waals surface area contributed by atoms with E-state index in [9.17, 15) is 0 Å². The van der Waals surface area contributed by atoms with Gasteiger partial charge in [-0.05, 0) is 74.2 Å². The Labute approximate surface area is 187 Å². The molecule has 0 saturated carbocycles. The zero-order valence-electron chi connectivity index (χ0n) is 19.5. The van der Waals surface area contributed by atoms with Gasteiger partial charge in [0.05, 0.1) is 5.69 Å². The second kappa shape index (κ2) is 9.60. The van der Waals surface area contributed by atoms with Crippen LogP contribution in [-0.4, -0.2) is 9.55 Å². The highest BCUT2D eigenvalue weighted by Gasteiger charge is 2.13. The van der Waals surface area contributed by atoms with Crippen molar-refractivity contribution < 1.29 is 0 Å². The Morgan fingerprint density at radius 2 is 1.74 bits per heavy atom. The molecule has 1 radical (unpaired) electrons. The van der Waals surface area contributed by atoms with Crippen molar-refractivity contribution in [3.63, 3.8) is 0 Å². The molecule has 0 saturated heterocycles. The molecule has 1 atom stereocenters. The molecule has 1 unspecified atom stereocenters. The maximum Gasteiger partial charge on any atom is 0.0545 e. The summed E-state index contributed by atoms with van der Waals surface area (Å²) in [5.74, 6) is 0.775. The summed E-state index contributed by atoms with van der Waals surface area (Å²) in [5.41, 5.74) is 8.61. The summed E-state index contributed by atoms with van der Waals surface area (Å²) in [4.78, 5) is 3.56. The number of rotatable bonds is 9. The Bertz CT molecular complexity index is 1120. The topological polar surface area (TPSA) is 20.7 Å². The smallest absolute Gasteiger partial charge is 0.0545 e. The normalized spacial score (nSPS) is 12.5. The average Bonchev–Trinajstić information content (AvgIpc) is 3.37. The fourth-order valence-electron chi connectivity index (χ4n) is 4.84. The summed E-state index contributed by atoms with van der Waals surface area (Å²) in [5, 5.41) is 1.14. The van der Waals surface area contributed by atoms with Gasteiger partial charge in [-0.25, -0.2) is 0 Å². The molecular weight excluding hydrogens is 376 g/mol. The van der Waals surface area contributed by atoms with Crippen molar-refractivity contribution in [3.8, 4) is 16.9 Å². The number of aromatic amines is 1. The van der Waals surface area contributed by atoms with Crippen LogP contribution in [-0.2, 0) is 6.42 Å². The van der Waals surface area contributed by atoms with Crippen LogP contribution in [0, 0.1) is 25.8 Å². The Hall–Kier alpha value is -2.74. The van der Waals surface area contributed by atoms with Gasteiger partial charge in [0.2, 0.25) is 0 Å². The van der Waals surface area contributed by atoms with Crippen LogP contribution in [0.5, 0.6) is 0 Å². The minimum absolute atomic E-state index is 0.775. The largest absolute Gasteiger partial charge is 0.354 e. The summed E-state index contributed by atoms with van der Waals surface area (Å²) in [7, 11) is 0. The van der Waals surface area contributed by atoms with Crippen LogP contribution >= 0.6 is 0 Å². The lowest BCUT2D eigenvalue weighted by atomic mass is 9.92. The third-order valence-corrected chi connectivity index (χ3v) is 6.30. The molecule has 0 bridgehead atoms. The Kier molecular flexibility index (Phi) is 6.65. The molecule has 2 heterocycles. The molecule has 0 aliphatic heterocycles. The van der Waals surface area contributed by atoms with E-state index in [1.165, 1.54) is 60.2 Å². The molecule has 2 aromatic heterocycles. The Morgan fingerprint density at radius 3 is 2.48 bits per heavy atom. The van der Waals surface area contributed by atoms with E-state index < -0.39 is 0 Å². The van der Waals surface area contributed by atoms with Gasteiger partial charge in [-0.15, -0.1) is 0 Å². The van der Waals surface area contributed by atoms with Gasteiger partial charge in [0, 0.05) is 34.5 Å². The zero-order chi connectivity index (χ0) is 21.8. The second-order valence-electron chi connectivity index (χ2n) is 9.10. The average molecular weight is 412 g/mol. The van der Waals surface area contributed by atoms with Gasteiger partial charge in [0.25, 0.3) is 0 Å². The first-order valence-corrected chi connectivity index (χ1v) is 11.9. The van der Waals surface area contributed by atoms with Crippen molar-refractivity contribution in [3.05, 3.63) is 77.6 Å². The van der Waals surface area contributed by atoms with Gasteiger partial charge >= 0.3 is 0 Å². The number of hydrogen-bond acceptors (Lipinski definition) is 0. The highest BCUT2D eigenvalue weighted by molar-refractivity contribution is 5.86. The standard InChI is InChI=1S/C29H35N2/c1-5-7-10-23(9-6-2)18-26-11-8-14-31(26)27-12-13-28-25(19-27)20-29(30-28)24-16-21(3)15-22(4)17-24/h8,11-17,19,23,30H,5-7,9-10,18H2,1-4H3. The van der Waals surface area contributed by atoms with Gasteiger partial charge < -0.3 is 9.55 Å². The maximum absolute atomic E-state index is 3.61. The fourth-order valence-corrected chi connectivity index (χ4v) is 4.84. The quantitative estimate of drug-likeness (QED) is 0.286. The Morgan fingerprint density at radius 1 is 0.935 bits per heavy atom. The van der Waals surface area contributed by atoms with E-state index in [1.54, 1.807) is 0 Å². The molecule has 0 amide bonds. The van der Waals surface area contributed by atoms with Crippen LogP contribution in [0.15, 0.2) is 54.7 Å². The number of aryl methyl sites for hydroxylation is 2. The van der Waals surface area contributed by atoms with E-state index in [0.29, 0.717) is 0 Å². The van der Waals surface area contributed by atoms with Gasteiger partial charge in [-0.1, -0.05) is 63.1 Å². The lowest BCUT2D eigenvalue weighted by Crippen LogP contribution is -2.08. The van der Waals surface area contributed by atoms with E-state index in [4.69, 9.17) is 0 Å². The lowest BCUT2D eigenvalue weighted by molar-refractivity contribution is 0.421. The van der Waals surface area contributed by atoms with Crippen molar-refractivity contribution >= 4 is 10.9 Å². The monoisotopic (exact) mass is 411 g/mol. The van der Waals surface area contributed by atoms with Crippen LogP contribution in [0.3, 0.4) is 0 Å². The number of benzene rings is 2. The minimum atomic E-state index is 0.775. The highest BCUT2D eigenvalue weighted by atomic mass is 15.0. The number of fused-ring (bicyclic) bond motifs is 1. The van der Waals surface area contributed by atoms with E-state index in [0.717, 1.165) is 28.9 Å². The molecule has 4 rings (SSSR count). The number of H-pyrrole nitrogens is 1. The third-order valence-electron chi connectivity index (χ3n) is 6.30. The van der Waals surface area contributed by atoms with Crippen molar-refractivity contribution in [2.75, 3.05) is 0 Å². The summed E-state index contributed by atoms with van der Waals surface area (Å²) < 4.78 is 2.37. The molecule has 0 aliphatic rings. The molecule has 161 valence electrons. The van der Waals surface area contributed by atoms with Gasteiger partial charge in [0.15, 0.2) is 0 Å².